The van der Waals surface area contributed by atoms with Crippen molar-refractivity contribution in [1.82, 2.24) is 24.9 Å². The first-order valence-corrected chi connectivity index (χ1v) is 23.9. The Balaban J connectivity index is 0.870. The summed E-state index contributed by atoms with van der Waals surface area (Å²) >= 11 is 0. The molecular formula is C64H41N5O2. The molecule has 1 aliphatic rings. The maximum Gasteiger partial charge on any atom is 0.164 e. The van der Waals surface area contributed by atoms with Gasteiger partial charge in [0, 0.05) is 60.3 Å². The third-order valence-electron chi connectivity index (χ3n) is 14.2. The molecule has 0 spiro atoms. The van der Waals surface area contributed by atoms with E-state index in [1.54, 1.807) is 0 Å². The fraction of sp³-hybridized carbons (Fsp3) is 0.0469. The molecule has 7 heteroatoms. The SMILES string of the molecule is CC1(C)c2ccccc2-c2ccc(-c3nc(-c4ccccc4)cc(-c4cccc(-c5cccc(-c6nc(-c7ccc8c(c7)oc7ccccc78)nc(-c7ccc8c(c7)oc7ccccc78)n6)c5)c4)n3)cc21. The van der Waals surface area contributed by atoms with Gasteiger partial charge in [0.05, 0.1) is 11.4 Å². The van der Waals surface area contributed by atoms with E-state index in [1.807, 2.05) is 54.6 Å². The van der Waals surface area contributed by atoms with Crippen LogP contribution < -0.4 is 0 Å². The second-order valence-corrected chi connectivity index (χ2v) is 18.8. The van der Waals surface area contributed by atoms with Gasteiger partial charge in [-0.25, -0.2) is 24.9 Å². The van der Waals surface area contributed by atoms with E-state index in [0.717, 1.165) is 99.8 Å². The van der Waals surface area contributed by atoms with Gasteiger partial charge in [-0.2, -0.15) is 0 Å². The quantitative estimate of drug-likeness (QED) is 0.157. The molecule has 13 aromatic rings. The number of furan rings is 2. The Bertz CT molecular complexity index is 4150. The van der Waals surface area contributed by atoms with Gasteiger partial charge in [0.2, 0.25) is 0 Å². The topological polar surface area (TPSA) is 90.7 Å². The molecule has 4 aromatic heterocycles. The van der Waals surface area contributed by atoms with Crippen molar-refractivity contribution in [3.63, 3.8) is 0 Å². The van der Waals surface area contributed by atoms with Crippen LogP contribution in [0.15, 0.2) is 221 Å². The van der Waals surface area contributed by atoms with Crippen LogP contribution in [0.5, 0.6) is 0 Å². The number of aromatic nitrogens is 5. The summed E-state index contributed by atoms with van der Waals surface area (Å²) in [5.74, 6) is 2.30. The molecule has 4 heterocycles. The van der Waals surface area contributed by atoms with Crippen LogP contribution in [-0.4, -0.2) is 24.9 Å². The van der Waals surface area contributed by atoms with Crippen LogP contribution in [0.4, 0.5) is 0 Å². The lowest BCUT2D eigenvalue weighted by Crippen LogP contribution is -2.15. The van der Waals surface area contributed by atoms with E-state index in [9.17, 15) is 0 Å². The summed E-state index contributed by atoms with van der Waals surface area (Å²) in [5.41, 5.74) is 17.5. The summed E-state index contributed by atoms with van der Waals surface area (Å²) in [5, 5.41) is 4.21. The summed E-state index contributed by atoms with van der Waals surface area (Å²) in [6, 6.07) is 73.3. The van der Waals surface area contributed by atoms with Crippen molar-refractivity contribution < 1.29 is 8.83 Å². The average molecular weight is 912 g/mol. The van der Waals surface area contributed by atoms with Gasteiger partial charge in [0.25, 0.3) is 0 Å². The molecule has 0 bridgehead atoms. The monoisotopic (exact) mass is 911 g/mol. The van der Waals surface area contributed by atoms with E-state index in [-0.39, 0.29) is 5.41 Å². The summed E-state index contributed by atoms with van der Waals surface area (Å²) < 4.78 is 12.7. The Labute approximate surface area is 408 Å². The fourth-order valence-corrected chi connectivity index (χ4v) is 10.5. The first kappa shape index (κ1) is 40.7. The number of benzene rings is 9. The van der Waals surface area contributed by atoms with Crippen molar-refractivity contribution in [3.05, 3.63) is 223 Å². The van der Waals surface area contributed by atoms with Gasteiger partial charge >= 0.3 is 0 Å². The third-order valence-corrected chi connectivity index (χ3v) is 14.2. The highest BCUT2D eigenvalue weighted by atomic mass is 16.3. The van der Waals surface area contributed by atoms with Crippen LogP contribution >= 0.6 is 0 Å². The van der Waals surface area contributed by atoms with Gasteiger partial charge in [0.15, 0.2) is 23.3 Å². The lowest BCUT2D eigenvalue weighted by molar-refractivity contribution is 0.660. The summed E-state index contributed by atoms with van der Waals surface area (Å²) in [7, 11) is 0. The smallest absolute Gasteiger partial charge is 0.164 e. The largest absolute Gasteiger partial charge is 0.456 e. The zero-order chi connectivity index (χ0) is 47.2. The van der Waals surface area contributed by atoms with Crippen molar-refractivity contribution in [2.75, 3.05) is 0 Å². The number of rotatable bonds is 7. The number of hydrogen-bond acceptors (Lipinski definition) is 7. The van der Waals surface area contributed by atoms with E-state index >= 15 is 0 Å². The van der Waals surface area contributed by atoms with Crippen LogP contribution in [0, 0.1) is 0 Å². The molecule has 14 rings (SSSR count). The number of para-hydroxylation sites is 2. The minimum atomic E-state index is -0.150. The van der Waals surface area contributed by atoms with Gasteiger partial charge in [-0.3, -0.25) is 0 Å². The molecule has 0 saturated carbocycles. The lowest BCUT2D eigenvalue weighted by atomic mass is 9.82. The third kappa shape index (κ3) is 6.84. The highest BCUT2D eigenvalue weighted by Crippen LogP contribution is 2.49. The predicted octanol–water partition coefficient (Wildman–Crippen LogP) is 16.4. The van der Waals surface area contributed by atoms with Crippen LogP contribution in [0.3, 0.4) is 0 Å². The summed E-state index contributed by atoms with van der Waals surface area (Å²) in [4.78, 5) is 26.0. The molecule has 7 nitrogen and oxygen atoms in total. The van der Waals surface area contributed by atoms with Crippen LogP contribution in [0.2, 0.25) is 0 Å². The van der Waals surface area contributed by atoms with Gasteiger partial charge in [-0.15, -0.1) is 0 Å². The molecule has 0 N–H and O–H groups in total. The Kier molecular flexibility index (Phi) is 9.10. The molecule has 9 aromatic carbocycles. The first-order valence-electron chi connectivity index (χ1n) is 23.9. The molecule has 0 aliphatic heterocycles. The molecule has 1 aliphatic carbocycles. The average Bonchev–Trinajstić information content (AvgIpc) is 4.07. The molecule has 334 valence electrons. The summed E-state index contributed by atoms with van der Waals surface area (Å²) in [6.07, 6.45) is 0. The van der Waals surface area contributed by atoms with E-state index in [0.29, 0.717) is 23.3 Å². The summed E-state index contributed by atoms with van der Waals surface area (Å²) in [6.45, 7) is 4.61. The van der Waals surface area contributed by atoms with E-state index < -0.39 is 0 Å². The minimum Gasteiger partial charge on any atom is -0.456 e. The zero-order valence-corrected chi connectivity index (χ0v) is 38.8. The van der Waals surface area contributed by atoms with Crippen molar-refractivity contribution in [1.29, 1.82) is 0 Å². The first-order chi connectivity index (χ1) is 34.9. The number of nitrogens with zero attached hydrogens (tertiary/aromatic N) is 5. The lowest BCUT2D eigenvalue weighted by Gasteiger charge is -2.21. The molecule has 0 amide bonds. The second kappa shape index (κ2) is 15.9. The number of fused-ring (bicyclic) bond motifs is 9. The highest BCUT2D eigenvalue weighted by molar-refractivity contribution is 6.07. The Morgan fingerprint density at radius 3 is 1.37 bits per heavy atom. The van der Waals surface area contributed by atoms with Gasteiger partial charge in [-0.1, -0.05) is 166 Å². The Morgan fingerprint density at radius 2 is 0.718 bits per heavy atom. The molecule has 0 unspecified atom stereocenters. The normalized spacial score (nSPS) is 12.8. The Hall–Kier alpha value is -9.33. The Morgan fingerprint density at radius 1 is 0.282 bits per heavy atom. The standard InChI is InChI=1S/C64H41N5O2/c1-64(2)52-23-9-6-20-46(52)47-29-26-43(34-53(47)64)60-65-54(38-14-4-3-5-15-38)37-55(66-60)41-18-12-16-39(32-41)40-17-13-19-42(33-40)61-67-62(44-27-30-50-48-21-7-10-24-56(48)70-58(50)35-44)69-63(68-61)45-28-31-51-49-22-8-11-25-57(49)71-59(51)36-45/h3-37H,1-2H3. The molecule has 0 radical (unpaired) electrons. The van der Waals surface area contributed by atoms with E-state index in [2.05, 4.69) is 172 Å². The van der Waals surface area contributed by atoms with Crippen LogP contribution in [-0.2, 0) is 5.41 Å². The van der Waals surface area contributed by atoms with E-state index in [4.69, 9.17) is 33.8 Å². The van der Waals surface area contributed by atoms with Gasteiger partial charge < -0.3 is 8.83 Å². The van der Waals surface area contributed by atoms with Crippen LogP contribution in [0.25, 0.3) is 134 Å². The van der Waals surface area contributed by atoms with E-state index in [1.165, 1.54) is 22.3 Å². The molecular weight excluding hydrogens is 871 g/mol. The fourth-order valence-electron chi connectivity index (χ4n) is 10.5. The maximum atomic E-state index is 6.33. The highest BCUT2D eigenvalue weighted by Gasteiger charge is 2.35. The van der Waals surface area contributed by atoms with Crippen molar-refractivity contribution in [3.8, 4) is 90.3 Å². The van der Waals surface area contributed by atoms with Gasteiger partial charge in [-0.05, 0) is 94.0 Å². The minimum absolute atomic E-state index is 0.150. The number of hydrogen-bond donors (Lipinski definition) is 0. The second-order valence-electron chi connectivity index (χ2n) is 18.8. The molecule has 71 heavy (non-hydrogen) atoms. The maximum absolute atomic E-state index is 6.33. The van der Waals surface area contributed by atoms with Crippen molar-refractivity contribution >= 4 is 43.9 Å². The molecule has 0 fully saturated rings. The molecule has 0 saturated heterocycles. The van der Waals surface area contributed by atoms with Crippen LogP contribution in [0.1, 0.15) is 25.0 Å². The zero-order valence-electron chi connectivity index (χ0n) is 38.8. The predicted molar refractivity (Wildman–Crippen MR) is 286 cm³/mol. The molecule has 0 atom stereocenters. The van der Waals surface area contributed by atoms with Crippen molar-refractivity contribution in [2.45, 2.75) is 19.3 Å². The van der Waals surface area contributed by atoms with Crippen molar-refractivity contribution in [2.24, 2.45) is 0 Å². The van der Waals surface area contributed by atoms with Gasteiger partial charge in [0.1, 0.15) is 22.3 Å².